The van der Waals surface area contributed by atoms with Crippen LogP contribution < -0.4 is 5.32 Å². The summed E-state index contributed by atoms with van der Waals surface area (Å²) >= 11 is 0. The van der Waals surface area contributed by atoms with Gasteiger partial charge in [0, 0.05) is 25.2 Å². The first kappa shape index (κ1) is 18.5. The first-order chi connectivity index (χ1) is 10.6. The van der Waals surface area contributed by atoms with Gasteiger partial charge in [-0.2, -0.15) is 0 Å². The van der Waals surface area contributed by atoms with E-state index in [0.29, 0.717) is 18.5 Å². The topological polar surface area (TPSA) is 95.3 Å². The Morgan fingerprint density at radius 1 is 1.23 bits per heavy atom. The summed E-state index contributed by atoms with van der Waals surface area (Å²) in [6, 6.07) is -0.556. The molecule has 1 aromatic heterocycles. The van der Waals surface area contributed by atoms with Crippen LogP contribution in [0.3, 0.4) is 0 Å². The Morgan fingerprint density at radius 2 is 1.91 bits per heavy atom. The summed E-state index contributed by atoms with van der Waals surface area (Å²) in [5.74, 6) is -0.132. The molecular formula is C16H27N3O3. The third-order valence-corrected chi connectivity index (χ3v) is 3.45. The highest BCUT2D eigenvalue weighted by Gasteiger charge is 2.21. The number of rotatable bonds is 10. The highest BCUT2D eigenvalue weighted by Crippen LogP contribution is 2.06. The highest BCUT2D eigenvalue weighted by atomic mass is 16.3. The monoisotopic (exact) mass is 309 g/mol. The lowest BCUT2D eigenvalue weighted by Gasteiger charge is -2.22. The van der Waals surface area contributed by atoms with Gasteiger partial charge in [0.25, 0.3) is 0 Å². The third kappa shape index (κ3) is 6.49. The maximum absolute atomic E-state index is 11.7. The molecule has 2 atom stereocenters. The van der Waals surface area contributed by atoms with Crippen LogP contribution in [0.4, 0.5) is 0 Å². The largest absolute Gasteiger partial charge is 0.394 e. The summed E-state index contributed by atoms with van der Waals surface area (Å²) in [5.41, 5.74) is 1.63. The van der Waals surface area contributed by atoms with Crippen LogP contribution in [0.25, 0.3) is 0 Å². The Labute approximate surface area is 132 Å². The van der Waals surface area contributed by atoms with Gasteiger partial charge in [0.1, 0.15) is 0 Å². The number of unbranched alkanes of at least 4 members (excludes halogenated alkanes) is 1. The lowest BCUT2D eigenvalue weighted by molar-refractivity contribution is -0.122. The van der Waals surface area contributed by atoms with Crippen molar-refractivity contribution >= 4 is 5.91 Å². The van der Waals surface area contributed by atoms with E-state index in [9.17, 15) is 9.90 Å². The number of aryl methyl sites for hydroxylation is 1. The lowest BCUT2D eigenvalue weighted by Crippen LogP contribution is -2.46. The molecule has 0 aliphatic rings. The molecular weight excluding hydrogens is 282 g/mol. The summed E-state index contributed by atoms with van der Waals surface area (Å²) in [7, 11) is 0. The highest BCUT2D eigenvalue weighted by molar-refractivity contribution is 5.76. The van der Waals surface area contributed by atoms with E-state index in [1.54, 1.807) is 12.4 Å². The van der Waals surface area contributed by atoms with Crippen molar-refractivity contribution < 1.29 is 15.0 Å². The molecule has 0 unspecified atom stereocenters. The molecule has 0 fully saturated rings. The van der Waals surface area contributed by atoms with E-state index < -0.39 is 18.8 Å². The van der Waals surface area contributed by atoms with E-state index in [1.807, 2.05) is 6.92 Å². The fourth-order valence-electron chi connectivity index (χ4n) is 2.12. The lowest BCUT2D eigenvalue weighted by atomic mass is 10.1. The summed E-state index contributed by atoms with van der Waals surface area (Å²) in [6.07, 6.45) is 6.97. The molecule has 22 heavy (non-hydrogen) atoms. The van der Waals surface area contributed by atoms with Gasteiger partial charge in [-0.3, -0.25) is 14.8 Å². The van der Waals surface area contributed by atoms with Gasteiger partial charge in [0.15, 0.2) is 0 Å². The van der Waals surface area contributed by atoms with Gasteiger partial charge in [-0.1, -0.05) is 20.3 Å². The standard InChI is InChI=1S/C16H27N3O3/c1-3-5-7-12-9-18-13(10-17-12)8-14(15(21)11-20)19-16(22)6-4-2/h9-10,14-15,20-21H,3-8,11H2,1-2H3,(H,19,22)/t14-,15-/m1/s1. The van der Waals surface area contributed by atoms with E-state index in [-0.39, 0.29) is 5.91 Å². The van der Waals surface area contributed by atoms with Gasteiger partial charge in [-0.05, 0) is 19.3 Å². The zero-order chi connectivity index (χ0) is 16.4. The smallest absolute Gasteiger partial charge is 0.220 e. The van der Waals surface area contributed by atoms with Crippen molar-refractivity contribution in [1.82, 2.24) is 15.3 Å². The molecule has 0 bridgehead atoms. The van der Waals surface area contributed by atoms with Gasteiger partial charge in [-0.25, -0.2) is 0 Å². The van der Waals surface area contributed by atoms with Crippen molar-refractivity contribution in [3.8, 4) is 0 Å². The predicted molar refractivity (Wildman–Crippen MR) is 84.3 cm³/mol. The SMILES string of the molecule is CCCCc1cnc(C[C@@H](NC(=O)CCC)[C@H](O)CO)cn1. The van der Waals surface area contributed by atoms with Gasteiger partial charge in [0.2, 0.25) is 5.91 Å². The minimum absolute atomic E-state index is 0.132. The molecule has 0 aliphatic heterocycles. The number of aliphatic hydroxyl groups is 2. The fourth-order valence-corrected chi connectivity index (χ4v) is 2.12. The summed E-state index contributed by atoms with van der Waals surface area (Å²) in [5, 5.41) is 21.7. The normalized spacial score (nSPS) is 13.6. The van der Waals surface area contributed by atoms with Crippen molar-refractivity contribution in [1.29, 1.82) is 0 Å². The van der Waals surface area contributed by atoms with Crippen LogP contribution >= 0.6 is 0 Å². The van der Waals surface area contributed by atoms with Gasteiger partial charge in [-0.15, -0.1) is 0 Å². The number of aliphatic hydroxyl groups excluding tert-OH is 2. The maximum atomic E-state index is 11.7. The molecule has 0 spiro atoms. The predicted octanol–water partition coefficient (Wildman–Crippen LogP) is 1.000. The molecule has 124 valence electrons. The zero-order valence-corrected chi connectivity index (χ0v) is 13.5. The second kappa shape index (κ2) is 10.2. The molecule has 1 aromatic rings. The third-order valence-electron chi connectivity index (χ3n) is 3.45. The van der Waals surface area contributed by atoms with E-state index in [1.165, 1.54) is 0 Å². The Kier molecular flexibility index (Phi) is 8.62. The van der Waals surface area contributed by atoms with E-state index in [2.05, 4.69) is 22.2 Å². The van der Waals surface area contributed by atoms with Crippen molar-refractivity contribution in [3.05, 3.63) is 23.8 Å². The first-order valence-corrected chi connectivity index (χ1v) is 7.98. The zero-order valence-electron chi connectivity index (χ0n) is 13.5. The van der Waals surface area contributed by atoms with E-state index in [4.69, 9.17) is 5.11 Å². The molecule has 6 heteroatoms. The summed E-state index contributed by atoms with van der Waals surface area (Å²) < 4.78 is 0. The van der Waals surface area contributed by atoms with Crippen LogP contribution in [-0.2, 0) is 17.6 Å². The number of amides is 1. The second-order valence-electron chi connectivity index (χ2n) is 5.48. The molecule has 1 amide bonds. The average Bonchev–Trinajstić information content (AvgIpc) is 2.53. The molecule has 1 heterocycles. The molecule has 0 aliphatic carbocycles. The summed E-state index contributed by atoms with van der Waals surface area (Å²) in [6.45, 7) is 3.64. The van der Waals surface area contributed by atoms with Crippen LogP contribution in [0.5, 0.6) is 0 Å². The Hall–Kier alpha value is -1.53. The average molecular weight is 309 g/mol. The molecule has 0 aromatic carbocycles. The molecule has 6 nitrogen and oxygen atoms in total. The van der Waals surface area contributed by atoms with Crippen molar-refractivity contribution in [3.63, 3.8) is 0 Å². The molecule has 1 rings (SSSR count). The number of carbonyl (C=O) groups excluding carboxylic acids is 1. The van der Waals surface area contributed by atoms with Crippen molar-refractivity contribution in [2.24, 2.45) is 0 Å². The van der Waals surface area contributed by atoms with Gasteiger partial charge in [0.05, 0.1) is 30.1 Å². The number of nitrogens with one attached hydrogen (secondary N) is 1. The quantitative estimate of drug-likeness (QED) is 0.599. The number of aromatic nitrogens is 2. The van der Waals surface area contributed by atoms with Gasteiger partial charge < -0.3 is 15.5 Å². The van der Waals surface area contributed by atoms with Crippen LogP contribution in [0.1, 0.15) is 50.9 Å². The van der Waals surface area contributed by atoms with Crippen LogP contribution in [0.15, 0.2) is 12.4 Å². The minimum atomic E-state index is -1.01. The molecule has 0 saturated heterocycles. The number of nitrogens with zero attached hydrogens (tertiary/aromatic N) is 2. The molecule has 3 N–H and O–H groups in total. The second-order valence-corrected chi connectivity index (χ2v) is 5.48. The summed E-state index contributed by atoms with van der Waals surface area (Å²) in [4.78, 5) is 20.4. The molecule has 0 saturated carbocycles. The number of hydrogen-bond acceptors (Lipinski definition) is 5. The maximum Gasteiger partial charge on any atom is 0.220 e. The first-order valence-electron chi connectivity index (χ1n) is 7.98. The molecule has 0 radical (unpaired) electrons. The Balaban J connectivity index is 2.66. The number of hydrogen-bond donors (Lipinski definition) is 3. The van der Waals surface area contributed by atoms with Gasteiger partial charge >= 0.3 is 0 Å². The van der Waals surface area contributed by atoms with Crippen LogP contribution in [0.2, 0.25) is 0 Å². The Morgan fingerprint density at radius 3 is 2.45 bits per heavy atom. The van der Waals surface area contributed by atoms with Crippen molar-refractivity contribution in [2.45, 2.75) is 64.5 Å². The van der Waals surface area contributed by atoms with E-state index in [0.717, 1.165) is 31.4 Å². The minimum Gasteiger partial charge on any atom is -0.394 e. The Bertz CT molecular complexity index is 437. The number of carbonyl (C=O) groups is 1. The van der Waals surface area contributed by atoms with Crippen LogP contribution in [0, 0.1) is 0 Å². The fraction of sp³-hybridized carbons (Fsp3) is 0.688. The van der Waals surface area contributed by atoms with Crippen LogP contribution in [-0.4, -0.2) is 44.8 Å². The van der Waals surface area contributed by atoms with Crippen molar-refractivity contribution in [2.75, 3.05) is 6.61 Å². The van der Waals surface area contributed by atoms with E-state index >= 15 is 0 Å².